The third kappa shape index (κ3) is 2.98. The van der Waals surface area contributed by atoms with Gasteiger partial charge in [-0.1, -0.05) is 18.2 Å². The Morgan fingerprint density at radius 3 is 3.05 bits per heavy atom. The lowest BCUT2D eigenvalue weighted by molar-refractivity contribution is -0.137. The minimum absolute atomic E-state index is 0.127. The summed E-state index contributed by atoms with van der Waals surface area (Å²) in [5.41, 5.74) is 1.28. The second-order valence-corrected chi connectivity index (χ2v) is 5.60. The lowest BCUT2D eigenvalue weighted by atomic mass is 10.1. The van der Waals surface area contributed by atoms with Crippen LogP contribution in [0.25, 0.3) is 10.8 Å². The van der Waals surface area contributed by atoms with Gasteiger partial charge in [-0.15, -0.1) is 0 Å². The summed E-state index contributed by atoms with van der Waals surface area (Å²) in [5, 5.41) is 5.87. The van der Waals surface area contributed by atoms with Gasteiger partial charge >= 0.3 is 0 Å². The van der Waals surface area contributed by atoms with Gasteiger partial charge in [0.15, 0.2) is 5.79 Å². The number of ether oxygens (including phenoxy) is 2. The first-order valence-electron chi connectivity index (χ1n) is 6.98. The first-order chi connectivity index (χ1) is 9.64. The molecule has 4 nitrogen and oxygen atoms in total. The van der Waals surface area contributed by atoms with Gasteiger partial charge in [0.2, 0.25) is 0 Å². The van der Waals surface area contributed by atoms with Crippen LogP contribution in [-0.2, 0) is 16.0 Å². The van der Waals surface area contributed by atoms with E-state index in [4.69, 9.17) is 9.47 Å². The average Bonchev–Trinajstić information content (AvgIpc) is 2.79. The van der Waals surface area contributed by atoms with Crippen molar-refractivity contribution in [2.75, 3.05) is 13.2 Å². The van der Waals surface area contributed by atoms with Crippen molar-refractivity contribution >= 4 is 10.8 Å². The Labute approximate surface area is 119 Å². The second kappa shape index (κ2) is 5.48. The molecule has 2 aromatic rings. The molecule has 1 N–H and O–H groups in total. The number of rotatable bonds is 4. The molecule has 1 fully saturated rings. The molecule has 20 heavy (non-hydrogen) atoms. The summed E-state index contributed by atoms with van der Waals surface area (Å²) in [7, 11) is 0. The van der Waals surface area contributed by atoms with Crippen molar-refractivity contribution in [3.8, 4) is 0 Å². The number of aromatic nitrogens is 1. The van der Waals surface area contributed by atoms with Gasteiger partial charge in [-0.2, -0.15) is 0 Å². The fraction of sp³-hybridized carbons (Fsp3) is 0.438. The Morgan fingerprint density at radius 2 is 2.25 bits per heavy atom. The number of hydrogen-bond donors (Lipinski definition) is 1. The molecule has 0 radical (unpaired) electrons. The SMILES string of the molecule is CC1(C)OCC(CNCc2cccc3cnccc23)O1. The molecule has 0 aliphatic carbocycles. The van der Waals surface area contributed by atoms with Crippen LogP contribution in [0.3, 0.4) is 0 Å². The monoisotopic (exact) mass is 272 g/mol. The van der Waals surface area contributed by atoms with Gasteiger partial charge < -0.3 is 14.8 Å². The largest absolute Gasteiger partial charge is 0.348 e. The highest BCUT2D eigenvalue weighted by Crippen LogP contribution is 2.22. The van der Waals surface area contributed by atoms with Crippen molar-refractivity contribution in [3.63, 3.8) is 0 Å². The van der Waals surface area contributed by atoms with Gasteiger partial charge in [0, 0.05) is 30.9 Å². The van der Waals surface area contributed by atoms with Crippen molar-refractivity contribution in [2.45, 2.75) is 32.3 Å². The maximum Gasteiger partial charge on any atom is 0.163 e. The van der Waals surface area contributed by atoms with E-state index in [0.29, 0.717) is 6.61 Å². The standard InChI is InChI=1S/C16H20N2O2/c1-16(2)19-11-14(20-16)10-18-9-13-5-3-4-12-8-17-7-6-15(12)13/h3-8,14,18H,9-11H2,1-2H3. The van der Waals surface area contributed by atoms with Crippen LogP contribution < -0.4 is 5.32 Å². The Kier molecular flexibility index (Phi) is 3.70. The molecule has 0 bridgehead atoms. The van der Waals surface area contributed by atoms with Crippen molar-refractivity contribution in [2.24, 2.45) is 0 Å². The van der Waals surface area contributed by atoms with Crippen molar-refractivity contribution in [1.29, 1.82) is 0 Å². The van der Waals surface area contributed by atoms with E-state index in [-0.39, 0.29) is 6.10 Å². The first-order valence-corrected chi connectivity index (χ1v) is 6.98. The quantitative estimate of drug-likeness (QED) is 0.928. The van der Waals surface area contributed by atoms with Gasteiger partial charge in [0.25, 0.3) is 0 Å². The van der Waals surface area contributed by atoms with E-state index >= 15 is 0 Å². The molecule has 1 saturated heterocycles. The molecular formula is C16H20N2O2. The summed E-state index contributed by atoms with van der Waals surface area (Å²) < 4.78 is 11.3. The van der Waals surface area contributed by atoms with Crippen LogP contribution in [0.5, 0.6) is 0 Å². The molecule has 106 valence electrons. The van der Waals surface area contributed by atoms with E-state index in [9.17, 15) is 0 Å². The maximum atomic E-state index is 5.78. The van der Waals surface area contributed by atoms with Crippen LogP contribution in [0, 0.1) is 0 Å². The molecule has 1 aliphatic rings. The normalized spacial score (nSPS) is 21.4. The molecule has 1 aromatic heterocycles. The average molecular weight is 272 g/mol. The summed E-state index contributed by atoms with van der Waals surface area (Å²) in [6.07, 6.45) is 3.86. The number of nitrogens with zero attached hydrogens (tertiary/aromatic N) is 1. The van der Waals surface area contributed by atoms with E-state index in [1.165, 1.54) is 16.3 Å². The highest BCUT2D eigenvalue weighted by atomic mass is 16.7. The smallest absolute Gasteiger partial charge is 0.163 e. The van der Waals surface area contributed by atoms with Crippen LogP contribution >= 0.6 is 0 Å². The summed E-state index contributed by atoms with van der Waals surface area (Å²) in [6, 6.07) is 8.36. The third-order valence-electron chi connectivity index (χ3n) is 3.53. The molecule has 0 spiro atoms. The minimum atomic E-state index is -0.447. The number of pyridine rings is 1. The van der Waals surface area contributed by atoms with E-state index in [1.54, 1.807) is 0 Å². The number of fused-ring (bicyclic) bond motifs is 1. The number of benzene rings is 1. The van der Waals surface area contributed by atoms with Crippen molar-refractivity contribution in [1.82, 2.24) is 10.3 Å². The van der Waals surface area contributed by atoms with Crippen LogP contribution in [0.4, 0.5) is 0 Å². The van der Waals surface area contributed by atoms with Crippen molar-refractivity contribution in [3.05, 3.63) is 42.2 Å². The second-order valence-electron chi connectivity index (χ2n) is 5.60. The molecule has 1 atom stereocenters. The number of nitrogens with one attached hydrogen (secondary N) is 1. The van der Waals surface area contributed by atoms with Gasteiger partial charge in [-0.25, -0.2) is 0 Å². The van der Waals surface area contributed by atoms with Gasteiger partial charge in [-0.05, 0) is 30.9 Å². The first kappa shape index (κ1) is 13.5. The lowest BCUT2D eigenvalue weighted by Gasteiger charge is -2.17. The highest BCUT2D eigenvalue weighted by molar-refractivity contribution is 5.84. The molecule has 1 unspecified atom stereocenters. The predicted molar refractivity (Wildman–Crippen MR) is 78.4 cm³/mol. The zero-order valence-electron chi connectivity index (χ0n) is 11.9. The topological polar surface area (TPSA) is 43.4 Å². The lowest BCUT2D eigenvalue weighted by Crippen LogP contribution is -2.30. The zero-order valence-corrected chi connectivity index (χ0v) is 11.9. The molecule has 2 heterocycles. The minimum Gasteiger partial charge on any atom is -0.348 e. The summed E-state index contributed by atoms with van der Waals surface area (Å²) in [5.74, 6) is -0.447. The number of hydrogen-bond acceptors (Lipinski definition) is 4. The van der Waals surface area contributed by atoms with E-state index in [1.807, 2.05) is 26.2 Å². The zero-order chi connectivity index (χ0) is 14.0. The Morgan fingerprint density at radius 1 is 1.35 bits per heavy atom. The van der Waals surface area contributed by atoms with Crippen LogP contribution in [0.2, 0.25) is 0 Å². The Balaban J connectivity index is 1.61. The van der Waals surface area contributed by atoms with Gasteiger partial charge in [-0.3, -0.25) is 4.98 Å². The van der Waals surface area contributed by atoms with Gasteiger partial charge in [0.1, 0.15) is 0 Å². The molecule has 0 amide bonds. The third-order valence-corrected chi connectivity index (χ3v) is 3.53. The van der Waals surface area contributed by atoms with E-state index < -0.39 is 5.79 Å². The van der Waals surface area contributed by atoms with Crippen LogP contribution in [0.1, 0.15) is 19.4 Å². The Hall–Kier alpha value is -1.49. The molecular weight excluding hydrogens is 252 g/mol. The van der Waals surface area contributed by atoms with E-state index in [2.05, 4.69) is 34.6 Å². The van der Waals surface area contributed by atoms with Crippen molar-refractivity contribution < 1.29 is 9.47 Å². The molecule has 3 rings (SSSR count). The molecule has 0 saturated carbocycles. The van der Waals surface area contributed by atoms with Crippen LogP contribution in [0.15, 0.2) is 36.7 Å². The summed E-state index contributed by atoms with van der Waals surface area (Å²) >= 11 is 0. The van der Waals surface area contributed by atoms with E-state index in [0.717, 1.165) is 13.1 Å². The Bertz CT molecular complexity index is 593. The van der Waals surface area contributed by atoms with Crippen LogP contribution in [-0.4, -0.2) is 30.0 Å². The highest BCUT2D eigenvalue weighted by Gasteiger charge is 2.32. The summed E-state index contributed by atoms with van der Waals surface area (Å²) in [4.78, 5) is 4.16. The fourth-order valence-corrected chi connectivity index (χ4v) is 2.58. The predicted octanol–water partition coefficient (Wildman–Crippen LogP) is 2.48. The van der Waals surface area contributed by atoms with Gasteiger partial charge in [0.05, 0.1) is 12.7 Å². The maximum absolute atomic E-state index is 5.78. The summed E-state index contributed by atoms with van der Waals surface area (Å²) in [6.45, 7) is 6.17. The fourth-order valence-electron chi connectivity index (χ4n) is 2.58. The molecule has 1 aliphatic heterocycles. The molecule has 1 aromatic carbocycles. The molecule has 4 heteroatoms.